The Morgan fingerprint density at radius 3 is 2.49 bits per heavy atom. The molecule has 0 fully saturated rings. The van der Waals surface area contributed by atoms with Gasteiger partial charge in [-0.1, -0.05) is 22.9 Å². The van der Waals surface area contributed by atoms with E-state index in [1.54, 1.807) is 42.3 Å². The zero-order chi connectivity index (χ0) is 30.3. The van der Waals surface area contributed by atoms with E-state index in [1.165, 1.54) is 40.2 Å². The number of nitrogens with zero attached hydrogens (tertiary/aromatic N) is 9. The van der Waals surface area contributed by atoms with Gasteiger partial charge >= 0.3 is 11.3 Å². The van der Waals surface area contributed by atoms with E-state index in [1.807, 2.05) is 0 Å². The van der Waals surface area contributed by atoms with Crippen LogP contribution in [0, 0.1) is 5.82 Å². The van der Waals surface area contributed by atoms with Gasteiger partial charge < -0.3 is 0 Å². The number of rotatable bonds is 7. The van der Waals surface area contributed by atoms with Crippen molar-refractivity contribution < 1.29 is 22.2 Å². The van der Waals surface area contributed by atoms with Crippen LogP contribution in [0.5, 0.6) is 0 Å². The predicted octanol–water partition coefficient (Wildman–Crippen LogP) is 5.43. The Kier molecular flexibility index (Phi) is 7.40. The molecule has 0 unspecified atom stereocenters. The molecule has 0 saturated carbocycles. The number of H-pyrrole nitrogens is 1. The van der Waals surface area contributed by atoms with Crippen molar-refractivity contribution in [3.63, 3.8) is 0 Å². The van der Waals surface area contributed by atoms with Gasteiger partial charge in [-0.25, -0.2) is 4.39 Å². The maximum atomic E-state index is 15.4. The van der Waals surface area contributed by atoms with Crippen LogP contribution in [0.15, 0.2) is 73.6 Å². The Morgan fingerprint density at radius 2 is 1.81 bits per heavy atom. The number of benzene rings is 1. The van der Waals surface area contributed by atoms with Gasteiger partial charge in [-0.05, 0) is 47.5 Å². The molecule has 0 aliphatic heterocycles. The Morgan fingerprint density at radius 1 is 0.977 bits per heavy atom. The Hall–Kier alpha value is -4.69. The number of aromatic nitrogens is 10. The third-order valence-corrected chi connectivity index (χ3v) is 7.08. The second kappa shape index (κ2) is 11.2. The summed E-state index contributed by atoms with van der Waals surface area (Å²) in [6, 6.07) is 8.34. The van der Waals surface area contributed by atoms with E-state index in [-0.39, 0.29) is 15.7 Å². The average Bonchev–Trinajstić information content (AvgIpc) is 3.74. The molecular weight excluding hydrogens is 611 g/mol. The molecule has 218 valence electrons. The van der Waals surface area contributed by atoms with Crippen LogP contribution < -0.4 is 4.68 Å². The van der Waals surface area contributed by atoms with E-state index in [4.69, 9.17) is 23.2 Å². The first-order valence-corrected chi connectivity index (χ1v) is 13.3. The molecule has 0 amide bonds. The first-order valence-electron chi connectivity index (χ1n) is 12.6. The van der Waals surface area contributed by atoms with E-state index < -0.39 is 23.7 Å². The third-order valence-electron chi connectivity index (χ3n) is 6.60. The molecule has 0 bridgehead atoms. The molecule has 0 spiro atoms. The molecule has 16 heteroatoms. The molecule has 6 rings (SSSR count). The average molecular weight is 630 g/mol. The third kappa shape index (κ3) is 5.83. The molecule has 1 atom stereocenters. The number of hydrogen-bond donors (Lipinski definition) is 1. The van der Waals surface area contributed by atoms with Crippen LogP contribution in [0.3, 0.4) is 0 Å². The van der Waals surface area contributed by atoms with Crippen LogP contribution >= 0.6 is 23.2 Å². The van der Waals surface area contributed by atoms with Crippen molar-refractivity contribution in [1.82, 2.24) is 45.1 Å². The summed E-state index contributed by atoms with van der Waals surface area (Å²) in [5, 5.41) is 19.6. The van der Waals surface area contributed by atoms with Crippen molar-refractivity contribution in [2.75, 3.05) is 0 Å². The molecule has 6 aromatic rings. The Balaban J connectivity index is 1.39. The molecule has 0 radical (unpaired) electrons. The van der Waals surface area contributed by atoms with E-state index in [0.29, 0.717) is 40.2 Å². The molecule has 10 nitrogen and oxygen atoms in total. The summed E-state index contributed by atoms with van der Waals surface area (Å²) in [7, 11) is 1.68. The van der Waals surface area contributed by atoms with Gasteiger partial charge in [-0.3, -0.25) is 14.6 Å². The second-order valence-corrected chi connectivity index (χ2v) is 10.2. The lowest BCUT2D eigenvalue weighted by molar-refractivity contribution is -0.659. The van der Waals surface area contributed by atoms with Gasteiger partial charge in [0, 0.05) is 43.2 Å². The highest BCUT2D eigenvalue weighted by Gasteiger charge is 2.32. The molecule has 5 aromatic heterocycles. The molecule has 0 aliphatic carbocycles. The van der Waals surface area contributed by atoms with Gasteiger partial charge in [0.15, 0.2) is 17.7 Å². The van der Waals surface area contributed by atoms with Gasteiger partial charge in [-0.2, -0.15) is 33.3 Å². The Labute approximate surface area is 250 Å². The summed E-state index contributed by atoms with van der Waals surface area (Å²) in [4.78, 5) is 9.47. The lowest BCUT2D eigenvalue weighted by Crippen LogP contribution is -2.33. The van der Waals surface area contributed by atoms with E-state index in [0.717, 1.165) is 12.3 Å². The quantitative estimate of drug-likeness (QED) is 0.186. The van der Waals surface area contributed by atoms with Gasteiger partial charge in [0.2, 0.25) is 0 Å². The van der Waals surface area contributed by atoms with E-state index in [9.17, 15) is 13.2 Å². The molecular formula is C27H19Cl2F4N10+. The zero-order valence-electron chi connectivity index (χ0n) is 22.0. The second-order valence-electron chi connectivity index (χ2n) is 9.44. The molecule has 0 saturated heterocycles. The van der Waals surface area contributed by atoms with Crippen molar-refractivity contribution in [2.45, 2.75) is 18.6 Å². The normalized spacial score (nSPS) is 12.5. The van der Waals surface area contributed by atoms with Crippen LogP contribution in [0.1, 0.15) is 23.1 Å². The van der Waals surface area contributed by atoms with Gasteiger partial charge in [0.1, 0.15) is 5.69 Å². The monoisotopic (exact) mass is 629 g/mol. The minimum Gasteiger partial charge on any atom is -0.263 e. The summed E-state index contributed by atoms with van der Waals surface area (Å²) in [6.45, 7) is 0. The number of alkyl halides is 3. The first kappa shape index (κ1) is 28.4. The summed E-state index contributed by atoms with van der Waals surface area (Å²) < 4.78 is 58.2. The van der Waals surface area contributed by atoms with Crippen LogP contribution in [0.25, 0.3) is 27.9 Å². The minimum absolute atomic E-state index is 0.0802. The van der Waals surface area contributed by atoms with Gasteiger partial charge in [0.05, 0.1) is 45.5 Å². The van der Waals surface area contributed by atoms with Crippen molar-refractivity contribution in [2.24, 2.45) is 7.05 Å². The maximum absolute atomic E-state index is 15.4. The number of nitrogens with one attached hydrogen (secondary N) is 1. The lowest BCUT2D eigenvalue weighted by Gasteiger charge is -2.17. The maximum Gasteiger partial charge on any atom is 0.433 e. The topological polar surface area (TPSA) is 107 Å². The van der Waals surface area contributed by atoms with Gasteiger partial charge in [0.25, 0.3) is 0 Å². The largest absolute Gasteiger partial charge is 0.433 e. The highest BCUT2D eigenvalue weighted by atomic mass is 35.5. The summed E-state index contributed by atoms with van der Waals surface area (Å²) in [5.74, 6) is -0.657. The summed E-state index contributed by atoms with van der Waals surface area (Å²) in [5.41, 5.74) is 1.92. The molecule has 1 aromatic carbocycles. The number of hydrogen-bond acceptors (Lipinski definition) is 6. The van der Waals surface area contributed by atoms with Gasteiger partial charge in [-0.15, -0.1) is 4.68 Å². The smallest absolute Gasteiger partial charge is 0.263 e. The fraction of sp³-hybridized carbons (Fsp3) is 0.148. The molecule has 1 N–H and O–H groups in total. The number of aryl methyl sites for hydroxylation is 1. The number of halogens is 6. The highest BCUT2D eigenvalue weighted by molar-refractivity contribution is 6.31. The van der Waals surface area contributed by atoms with E-state index in [2.05, 4.69) is 35.6 Å². The van der Waals surface area contributed by atoms with Crippen LogP contribution in [0.4, 0.5) is 17.6 Å². The van der Waals surface area contributed by atoms with Crippen LogP contribution in [-0.4, -0.2) is 45.1 Å². The summed E-state index contributed by atoms with van der Waals surface area (Å²) >= 11 is 12.1. The molecule has 0 aliphatic rings. The zero-order valence-corrected chi connectivity index (χ0v) is 23.5. The van der Waals surface area contributed by atoms with E-state index >= 15 is 4.39 Å². The highest BCUT2D eigenvalue weighted by Crippen LogP contribution is 2.34. The van der Waals surface area contributed by atoms with Crippen molar-refractivity contribution >= 4 is 23.2 Å². The fourth-order valence-electron chi connectivity index (χ4n) is 4.59. The molecule has 5 heterocycles. The minimum atomic E-state index is -4.59. The first-order chi connectivity index (χ1) is 20.6. The SMILES string of the molecule is Cn1ncc(C[C@@H](c2ccc(-c3c(-[n+]4cc(Cl)n[nH]4)ccc(Cl)c3F)cn2)n2cc(-c3ccnc(C(F)(F)F)c3)cn2)n1. The van der Waals surface area contributed by atoms with Crippen molar-refractivity contribution in [3.05, 3.63) is 107 Å². The summed E-state index contributed by atoms with van der Waals surface area (Å²) in [6.07, 6.45) is 4.51. The predicted molar refractivity (Wildman–Crippen MR) is 147 cm³/mol. The van der Waals surface area contributed by atoms with Crippen LogP contribution in [0.2, 0.25) is 10.2 Å². The number of aromatic amines is 1. The van der Waals surface area contributed by atoms with Crippen LogP contribution in [-0.2, 0) is 19.6 Å². The van der Waals surface area contributed by atoms with Crippen molar-refractivity contribution in [1.29, 1.82) is 0 Å². The lowest BCUT2D eigenvalue weighted by atomic mass is 10.0. The standard InChI is InChI=1S/C27H18Cl2F4N10/c1-41-36-12-18(39-41)9-22(42-13-17(11-37-42)15-6-7-34-23(8-15)27(31,32)33)20-4-2-16(10-35-20)25-21(5-3-19(28)26(25)30)43-14-24(29)38-40-43/h2-8,10-14,22H,9H2,1H3/p+1/t22-/m0/s1. The molecule has 43 heavy (non-hydrogen) atoms. The number of pyridine rings is 2. The van der Waals surface area contributed by atoms with Crippen molar-refractivity contribution in [3.8, 4) is 27.9 Å². The fourth-order valence-corrected chi connectivity index (χ4v) is 4.88. The Bertz CT molecular complexity index is 1910.